The van der Waals surface area contributed by atoms with E-state index in [1.54, 1.807) is 4.90 Å². The molecule has 0 N–H and O–H groups in total. The highest BCUT2D eigenvalue weighted by Gasteiger charge is 2.31. The minimum atomic E-state index is -0.522. The van der Waals surface area contributed by atoms with Crippen molar-refractivity contribution in [2.45, 2.75) is 58.4 Å². The van der Waals surface area contributed by atoms with Crippen LogP contribution in [0.15, 0.2) is 18.2 Å². The third kappa shape index (κ3) is 5.13. The SMILES string of the molecule is CC(C)(C)OC(=O)N1Cc2cccc(OC3CCN(c4nc(Cl)nnc4Cl)CC3)c2C1. The molecular weight excluding hydrogens is 441 g/mol. The van der Waals surface area contributed by atoms with Crippen LogP contribution in [0.1, 0.15) is 44.7 Å². The number of rotatable bonds is 3. The highest BCUT2D eigenvalue weighted by molar-refractivity contribution is 6.32. The van der Waals surface area contributed by atoms with E-state index in [1.807, 2.05) is 43.9 Å². The summed E-state index contributed by atoms with van der Waals surface area (Å²) in [7, 11) is 0. The minimum absolute atomic E-state index is 0.0578. The standard InChI is InChI=1S/C21H25Cl2N5O3/c1-21(2,3)31-20(29)28-11-13-5-4-6-16(15(13)12-28)30-14-7-9-27(10-8-14)18-17(22)25-26-19(23)24-18/h4-6,14H,7-12H2,1-3H3. The van der Waals surface area contributed by atoms with Gasteiger partial charge in [-0.3, -0.25) is 4.90 Å². The van der Waals surface area contributed by atoms with Crippen molar-refractivity contribution in [1.82, 2.24) is 20.1 Å². The second kappa shape index (κ2) is 8.67. The van der Waals surface area contributed by atoms with Gasteiger partial charge in [0.1, 0.15) is 17.5 Å². The van der Waals surface area contributed by atoms with Crippen LogP contribution in [0.5, 0.6) is 5.75 Å². The van der Waals surface area contributed by atoms with E-state index in [2.05, 4.69) is 15.2 Å². The molecule has 0 atom stereocenters. The number of nitrogens with zero attached hydrogens (tertiary/aromatic N) is 5. The molecule has 0 unspecified atom stereocenters. The van der Waals surface area contributed by atoms with E-state index >= 15 is 0 Å². The van der Waals surface area contributed by atoms with Crippen LogP contribution >= 0.6 is 23.2 Å². The molecule has 1 saturated heterocycles. The van der Waals surface area contributed by atoms with Gasteiger partial charge in [-0.05, 0) is 44.0 Å². The van der Waals surface area contributed by atoms with Gasteiger partial charge >= 0.3 is 6.09 Å². The highest BCUT2D eigenvalue weighted by atomic mass is 35.5. The predicted molar refractivity (Wildman–Crippen MR) is 118 cm³/mol. The van der Waals surface area contributed by atoms with Gasteiger partial charge in [0.25, 0.3) is 0 Å². The second-order valence-electron chi connectivity index (χ2n) is 8.73. The molecule has 2 aliphatic heterocycles. The molecule has 0 bridgehead atoms. The van der Waals surface area contributed by atoms with E-state index in [9.17, 15) is 4.79 Å². The topological polar surface area (TPSA) is 80.7 Å². The smallest absolute Gasteiger partial charge is 0.410 e. The zero-order valence-corrected chi connectivity index (χ0v) is 19.3. The lowest BCUT2D eigenvalue weighted by molar-refractivity contribution is 0.0241. The fourth-order valence-electron chi connectivity index (χ4n) is 3.81. The Balaban J connectivity index is 1.39. The number of piperidine rings is 1. The molecule has 10 heteroatoms. The minimum Gasteiger partial charge on any atom is -0.490 e. The summed E-state index contributed by atoms with van der Waals surface area (Å²) < 4.78 is 11.9. The van der Waals surface area contributed by atoms with Crippen molar-refractivity contribution >= 4 is 35.1 Å². The quantitative estimate of drug-likeness (QED) is 0.660. The fraction of sp³-hybridized carbons (Fsp3) is 0.524. The zero-order valence-electron chi connectivity index (χ0n) is 17.8. The zero-order chi connectivity index (χ0) is 22.2. The molecule has 1 aromatic carbocycles. The molecule has 0 radical (unpaired) electrons. The van der Waals surface area contributed by atoms with Crippen LogP contribution < -0.4 is 9.64 Å². The number of ether oxygens (including phenoxy) is 2. The van der Waals surface area contributed by atoms with Crippen LogP contribution in [0.4, 0.5) is 10.6 Å². The van der Waals surface area contributed by atoms with Crippen molar-refractivity contribution in [3.63, 3.8) is 0 Å². The summed E-state index contributed by atoms with van der Waals surface area (Å²) in [6.07, 6.45) is 1.36. The van der Waals surface area contributed by atoms with Gasteiger partial charge in [-0.2, -0.15) is 4.98 Å². The van der Waals surface area contributed by atoms with Crippen molar-refractivity contribution in [1.29, 1.82) is 0 Å². The van der Waals surface area contributed by atoms with Crippen LogP contribution in [-0.4, -0.2) is 51.0 Å². The van der Waals surface area contributed by atoms with Crippen molar-refractivity contribution < 1.29 is 14.3 Å². The first-order valence-corrected chi connectivity index (χ1v) is 11.0. The highest BCUT2D eigenvalue weighted by Crippen LogP contribution is 2.34. The van der Waals surface area contributed by atoms with Gasteiger partial charge in [0, 0.05) is 38.0 Å². The molecule has 166 valence electrons. The van der Waals surface area contributed by atoms with Crippen molar-refractivity contribution in [2.75, 3.05) is 18.0 Å². The van der Waals surface area contributed by atoms with E-state index in [4.69, 9.17) is 32.7 Å². The molecule has 0 spiro atoms. The largest absolute Gasteiger partial charge is 0.490 e. The van der Waals surface area contributed by atoms with Gasteiger partial charge in [0.2, 0.25) is 5.28 Å². The lowest BCUT2D eigenvalue weighted by Crippen LogP contribution is -2.39. The molecule has 2 aromatic rings. The van der Waals surface area contributed by atoms with E-state index in [1.165, 1.54) is 0 Å². The van der Waals surface area contributed by atoms with Crippen LogP contribution in [0, 0.1) is 0 Å². The van der Waals surface area contributed by atoms with Gasteiger partial charge in [-0.25, -0.2) is 4.79 Å². The summed E-state index contributed by atoms with van der Waals surface area (Å²) in [5.41, 5.74) is 1.62. The summed E-state index contributed by atoms with van der Waals surface area (Å²) in [4.78, 5) is 20.4. The van der Waals surface area contributed by atoms with Gasteiger partial charge in [0.05, 0.1) is 6.54 Å². The fourth-order valence-corrected chi connectivity index (χ4v) is 4.13. The number of carbonyl (C=O) groups is 1. The van der Waals surface area contributed by atoms with Gasteiger partial charge in [-0.1, -0.05) is 23.7 Å². The lowest BCUT2D eigenvalue weighted by atomic mass is 10.1. The summed E-state index contributed by atoms with van der Waals surface area (Å²) >= 11 is 12.0. The first-order chi connectivity index (χ1) is 14.7. The van der Waals surface area contributed by atoms with Crippen molar-refractivity contribution in [3.8, 4) is 5.75 Å². The number of benzene rings is 1. The average molecular weight is 466 g/mol. The Bertz CT molecular complexity index is 974. The van der Waals surface area contributed by atoms with Gasteiger partial charge in [-0.15, -0.1) is 10.2 Å². The van der Waals surface area contributed by atoms with Gasteiger partial charge in [0.15, 0.2) is 11.0 Å². The molecule has 1 fully saturated rings. The van der Waals surface area contributed by atoms with Crippen LogP contribution in [-0.2, 0) is 17.8 Å². The molecule has 3 heterocycles. The van der Waals surface area contributed by atoms with Gasteiger partial charge < -0.3 is 14.4 Å². The third-order valence-electron chi connectivity index (χ3n) is 5.23. The average Bonchev–Trinajstić information content (AvgIpc) is 3.15. The molecular formula is C21H25Cl2N5O3. The molecule has 0 saturated carbocycles. The molecule has 2 aliphatic rings. The summed E-state index contributed by atoms with van der Waals surface area (Å²) in [6, 6.07) is 5.97. The molecule has 1 amide bonds. The molecule has 0 aliphatic carbocycles. The number of carbonyl (C=O) groups excluding carboxylic acids is 1. The number of fused-ring (bicyclic) bond motifs is 1. The number of amides is 1. The number of halogens is 2. The normalized spacial score (nSPS) is 16.9. The number of anilines is 1. The van der Waals surface area contributed by atoms with E-state index in [0.29, 0.717) is 18.9 Å². The van der Waals surface area contributed by atoms with E-state index < -0.39 is 5.60 Å². The maximum Gasteiger partial charge on any atom is 0.410 e. The Morgan fingerprint density at radius 1 is 1.13 bits per heavy atom. The number of hydrogen-bond donors (Lipinski definition) is 0. The Kier molecular flexibility index (Phi) is 6.12. The lowest BCUT2D eigenvalue weighted by Gasteiger charge is -2.33. The summed E-state index contributed by atoms with van der Waals surface area (Å²) in [5.74, 6) is 1.38. The molecule has 31 heavy (non-hydrogen) atoms. The van der Waals surface area contributed by atoms with E-state index in [-0.39, 0.29) is 22.6 Å². The van der Waals surface area contributed by atoms with E-state index in [0.717, 1.165) is 42.8 Å². The first kappa shape index (κ1) is 21.9. The summed E-state index contributed by atoms with van der Waals surface area (Å²) in [5, 5.41) is 7.81. The predicted octanol–water partition coefficient (Wildman–Crippen LogP) is 4.48. The second-order valence-corrected chi connectivity index (χ2v) is 9.43. The maximum absolute atomic E-state index is 12.5. The Morgan fingerprint density at radius 3 is 2.58 bits per heavy atom. The van der Waals surface area contributed by atoms with Crippen LogP contribution in [0.25, 0.3) is 0 Å². The Hall–Kier alpha value is -2.32. The Morgan fingerprint density at radius 2 is 1.87 bits per heavy atom. The van der Waals surface area contributed by atoms with Crippen molar-refractivity contribution in [2.24, 2.45) is 0 Å². The monoisotopic (exact) mass is 465 g/mol. The molecule has 1 aromatic heterocycles. The molecule has 8 nitrogen and oxygen atoms in total. The first-order valence-electron chi connectivity index (χ1n) is 10.3. The molecule has 4 rings (SSSR count). The summed E-state index contributed by atoms with van der Waals surface area (Å²) in [6.45, 7) is 8.06. The Labute approximate surface area is 191 Å². The number of hydrogen-bond acceptors (Lipinski definition) is 7. The van der Waals surface area contributed by atoms with Crippen LogP contribution in [0.2, 0.25) is 10.4 Å². The number of aromatic nitrogens is 3. The maximum atomic E-state index is 12.5. The van der Waals surface area contributed by atoms with Crippen LogP contribution in [0.3, 0.4) is 0 Å². The van der Waals surface area contributed by atoms with Crippen molar-refractivity contribution in [3.05, 3.63) is 39.8 Å². The third-order valence-corrected chi connectivity index (χ3v) is 5.63.